The Morgan fingerprint density at radius 3 is 2.83 bits per heavy atom. The van der Waals surface area contributed by atoms with Gasteiger partial charge in [-0.15, -0.1) is 0 Å². The molecule has 1 aromatic carbocycles. The Balaban J connectivity index is 2.14. The van der Waals surface area contributed by atoms with Gasteiger partial charge in [0.05, 0.1) is 5.56 Å². The average Bonchev–Trinajstić information content (AvgIpc) is 2.39. The Bertz CT molecular complexity index is 547. The molecule has 0 radical (unpaired) electrons. The number of anilines is 1. The third kappa shape index (κ3) is 2.69. The van der Waals surface area contributed by atoms with Crippen LogP contribution in [0.1, 0.15) is 11.1 Å². The van der Waals surface area contributed by atoms with Crippen LogP contribution < -0.4 is 16.0 Å². The van der Waals surface area contributed by atoms with E-state index in [4.69, 9.17) is 22.2 Å². The number of halogens is 1. The molecular weight excluding hydrogens is 252 g/mol. The number of hydrazine groups is 1. The van der Waals surface area contributed by atoms with Crippen LogP contribution in [-0.4, -0.2) is 9.97 Å². The monoisotopic (exact) mass is 264 g/mol. The number of nitrogens with one attached hydrogen (secondary N) is 1. The number of ether oxygens (including phenoxy) is 1. The van der Waals surface area contributed by atoms with E-state index in [1.165, 1.54) is 6.33 Å². The summed E-state index contributed by atoms with van der Waals surface area (Å²) >= 11 is 6.04. The van der Waals surface area contributed by atoms with Gasteiger partial charge >= 0.3 is 0 Å². The predicted molar refractivity (Wildman–Crippen MR) is 70.4 cm³/mol. The molecule has 0 aliphatic heterocycles. The highest BCUT2D eigenvalue weighted by atomic mass is 35.5. The van der Waals surface area contributed by atoms with Crippen molar-refractivity contribution < 1.29 is 4.74 Å². The SMILES string of the molecule is Cc1c(NN)ncnc1OCc1ccccc1Cl. The second-order valence-electron chi connectivity index (χ2n) is 3.68. The second-order valence-corrected chi connectivity index (χ2v) is 4.08. The zero-order valence-corrected chi connectivity index (χ0v) is 10.6. The van der Waals surface area contributed by atoms with Crippen molar-refractivity contribution in [3.63, 3.8) is 0 Å². The molecule has 6 heteroatoms. The van der Waals surface area contributed by atoms with Crippen LogP contribution in [0.5, 0.6) is 5.88 Å². The Kier molecular flexibility index (Phi) is 3.96. The van der Waals surface area contributed by atoms with Gasteiger partial charge < -0.3 is 10.2 Å². The molecule has 0 unspecified atom stereocenters. The van der Waals surface area contributed by atoms with Crippen molar-refractivity contribution in [3.05, 3.63) is 46.7 Å². The number of hydrogen-bond acceptors (Lipinski definition) is 5. The minimum Gasteiger partial charge on any atom is -0.472 e. The van der Waals surface area contributed by atoms with Gasteiger partial charge in [0.1, 0.15) is 18.8 Å². The maximum atomic E-state index is 6.04. The third-order valence-electron chi connectivity index (χ3n) is 2.50. The summed E-state index contributed by atoms with van der Waals surface area (Å²) in [7, 11) is 0. The van der Waals surface area contributed by atoms with E-state index in [2.05, 4.69) is 15.4 Å². The van der Waals surface area contributed by atoms with Gasteiger partial charge in [0.25, 0.3) is 0 Å². The zero-order valence-electron chi connectivity index (χ0n) is 9.85. The molecule has 2 rings (SSSR count). The molecular formula is C12H13ClN4O. The van der Waals surface area contributed by atoms with E-state index in [0.717, 1.165) is 11.1 Å². The van der Waals surface area contributed by atoms with Crippen LogP contribution in [0, 0.1) is 6.92 Å². The normalized spacial score (nSPS) is 10.2. The first-order chi connectivity index (χ1) is 8.72. The van der Waals surface area contributed by atoms with Gasteiger partial charge in [0.15, 0.2) is 0 Å². The Morgan fingerprint density at radius 2 is 2.11 bits per heavy atom. The quantitative estimate of drug-likeness (QED) is 0.655. The first kappa shape index (κ1) is 12.6. The summed E-state index contributed by atoms with van der Waals surface area (Å²) in [5.41, 5.74) is 4.15. The fraction of sp³-hybridized carbons (Fsp3) is 0.167. The third-order valence-corrected chi connectivity index (χ3v) is 2.87. The molecule has 94 valence electrons. The van der Waals surface area contributed by atoms with Crippen molar-refractivity contribution >= 4 is 17.4 Å². The molecule has 3 N–H and O–H groups in total. The maximum absolute atomic E-state index is 6.04. The average molecular weight is 265 g/mol. The predicted octanol–water partition coefficient (Wildman–Crippen LogP) is 2.30. The van der Waals surface area contributed by atoms with Crippen LogP contribution in [-0.2, 0) is 6.61 Å². The van der Waals surface area contributed by atoms with E-state index in [9.17, 15) is 0 Å². The summed E-state index contributed by atoms with van der Waals surface area (Å²) in [6.07, 6.45) is 1.39. The highest BCUT2D eigenvalue weighted by Crippen LogP contribution is 2.22. The first-order valence-electron chi connectivity index (χ1n) is 5.36. The van der Waals surface area contributed by atoms with Gasteiger partial charge in [-0.3, -0.25) is 0 Å². The van der Waals surface area contributed by atoms with Crippen molar-refractivity contribution in [2.75, 3.05) is 5.43 Å². The number of nitrogens with zero attached hydrogens (tertiary/aromatic N) is 2. The second kappa shape index (κ2) is 5.66. The van der Waals surface area contributed by atoms with Crippen LogP contribution >= 0.6 is 11.6 Å². The topological polar surface area (TPSA) is 73.1 Å². The van der Waals surface area contributed by atoms with Gasteiger partial charge in [0, 0.05) is 10.6 Å². The molecule has 2 aromatic rings. The van der Waals surface area contributed by atoms with Crippen molar-refractivity contribution in [2.24, 2.45) is 5.84 Å². The minimum absolute atomic E-state index is 0.349. The summed E-state index contributed by atoms with van der Waals surface area (Å²) < 4.78 is 5.62. The maximum Gasteiger partial charge on any atom is 0.221 e. The van der Waals surface area contributed by atoms with Gasteiger partial charge in [-0.2, -0.15) is 0 Å². The zero-order chi connectivity index (χ0) is 13.0. The molecule has 0 aliphatic carbocycles. The summed E-state index contributed by atoms with van der Waals surface area (Å²) in [6.45, 7) is 2.18. The van der Waals surface area contributed by atoms with Crippen LogP contribution in [0.25, 0.3) is 0 Å². The lowest BCUT2D eigenvalue weighted by Crippen LogP contribution is -2.11. The smallest absolute Gasteiger partial charge is 0.221 e. The van der Waals surface area contributed by atoms with Crippen molar-refractivity contribution in [1.29, 1.82) is 0 Å². The number of nitrogen functional groups attached to an aromatic ring is 1. The lowest BCUT2D eigenvalue weighted by molar-refractivity contribution is 0.291. The van der Waals surface area contributed by atoms with E-state index in [1.54, 1.807) is 0 Å². The standard InChI is InChI=1S/C12H13ClN4O/c1-8-11(17-14)15-7-16-12(8)18-6-9-4-2-3-5-10(9)13/h2-5,7H,6,14H2,1H3,(H,15,16,17). The molecule has 0 aliphatic rings. The Hall–Kier alpha value is -1.85. The highest BCUT2D eigenvalue weighted by Gasteiger charge is 2.08. The minimum atomic E-state index is 0.349. The lowest BCUT2D eigenvalue weighted by Gasteiger charge is -2.10. The molecule has 0 saturated heterocycles. The van der Waals surface area contributed by atoms with E-state index >= 15 is 0 Å². The fourth-order valence-electron chi connectivity index (χ4n) is 1.49. The van der Waals surface area contributed by atoms with Gasteiger partial charge in [-0.25, -0.2) is 15.8 Å². The van der Waals surface area contributed by atoms with E-state index in [1.807, 2.05) is 31.2 Å². The lowest BCUT2D eigenvalue weighted by atomic mass is 10.2. The summed E-state index contributed by atoms with van der Waals surface area (Å²) in [5, 5.41) is 0.668. The molecule has 0 spiro atoms. The summed E-state index contributed by atoms with van der Waals surface area (Å²) in [4.78, 5) is 8.04. The number of hydrogen-bond donors (Lipinski definition) is 2. The van der Waals surface area contributed by atoms with Crippen molar-refractivity contribution in [1.82, 2.24) is 9.97 Å². The molecule has 0 amide bonds. The van der Waals surface area contributed by atoms with Crippen LogP contribution in [0.15, 0.2) is 30.6 Å². The van der Waals surface area contributed by atoms with Crippen LogP contribution in [0.4, 0.5) is 5.82 Å². The summed E-state index contributed by atoms with van der Waals surface area (Å²) in [6, 6.07) is 7.50. The first-order valence-corrected chi connectivity index (χ1v) is 5.74. The van der Waals surface area contributed by atoms with E-state index in [-0.39, 0.29) is 0 Å². The van der Waals surface area contributed by atoms with Crippen LogP contribution in [0.2, 0.25) is 5.02 Å². The Morgan fingerprint density at radius 1 is 1.33 bits per heavy atom. The molecule has 0 saturated carbocycles. The molecule has 0 fully saturated rings. The number of nitrogens with two attached hydrogens (primary N) is 1. The van der Waals surface area contributed by atoms with Crippen molar-refractivity contribution in [3.8, 4) is 5.88 Å². The molecule has 18 heavy (non-hydrogen) atoms. The van der Waals surface area contributed by atoms with Gasteiger partial charge in [-0.1, -0.05) is 29.8 Å². The molecule has 5 nitrogen and oxygen atoms in total. The van der Waals surface area contributed by atoms with E-state index < -0.39 is 0 Å². The number of benzene rings is 1. The highest BCUT2D eigenvalue weighted by molar-refractivity contribution is 6.31. The molecule has 1 aromatic heterocycles. The fourth-order valence-corrected chi connectivity index (χ4v) is 1.68. The number of aromatic nitrogens is 2. The number of rotatable bonds is 4. The van der Waals surface area contributed by atoms with E-state index in [0.29, 0.717) is 23.3 Å². The largest absolute Gasteiger partial charge is 0.472 e. The van der Waals surface area contributed by atoms with Gasteiger partial charge in [-0.05, 0) is 13.0 Å². The van der Waals surface area contributed by atoms with Crippen LogP contribution in [0.3, 0.4) is 0 Å². The van der Waals surface area contributed by atoms with Crippen molar-refractivity contribution in [2.45, 2.75) is 13.5 Å². The summed E-state index contributed by atoms with van der Waals surface area (Å²) in [5.74, 6) is 6.36. The molecule has 1 heterocycles. The molecule has 0 bridgehead atoms. The Labute approximate surface area is 110 Å². The van der Waals surface area contributed by atoms with Gasteiger partial charge in [0.2, 0.25) is 5.88 Å². The molecule has 0 atom stereocenters.